The Bertz CT molecular complexity index is 1250. The Labute approximate surface area is 207 Å². The summed E-state index contributed by atoms with van der Waals surface area (Å²) in [5, 5.41) is 15.0. The Hall–Kier alpha value is -3.49. The molecule has 7 nitrogen and oxygen atoms in total. The lowest BCUT2D eigenvalue weighted by molar-refractivity contribution is -0.384. The highest BCUT2D eigenvalue weighted by molar-refractivity contribution is 6.30. The molecule has 2 heterocycles. The summed E-state index contributed by atoms with van der Waals surface area (Å²) in [6.07, 6.45) is 0.389. The summed E-state index contributed by atoms with van der Waals surface area (Å²) in [4.78, 5) is 28.9. The highest BCUT2D eigenvalue weighted by Crippen LogP contribution is 2.38. The van der Waals surface area contributed by atoms with Crippen LogP contribution in [0.1, 0.15) is 11.1 Å². The van der Waals surface area contributed by atoms with Gasteiger partial charge in [-0.1, -0.05) is 23.7 Å². The second kappa shape index (κ2) is 9.64. The first-order valence-corrected chi connectivity index (χ1v) is 11.8. The van der Waals surface area contributed by atoms with Crippen LogP contribution in [0.2, 0.25) is 5.02 Å². The van der Waals surface area contributed by atoms with Crippen LogP contribution in [0.3, 0.4) is 0 Å². The van der Waals surface area contributed by atoms with Crippen LogP contribution in [0.4, 0.5) is 21.5 Å². The molecule has 1 amide bonds. The van der Waals surface area contributed by atoms with Crippen LogP contribution in [0.25, 0.3) is 0 Å². The van der Waals surface area contributed by atoms with Gasteiger partial charge in [0.2, 0.25) is 5.91 Å². The van der Waals surface area contributed by atoms with Crippen LogP contribution >= 0.6 is 11.6 Å². The Kier molecular flexibility index (Phi) is 6.40. The number of piperazine rings is 1. The number of carbonyl (C=O) groups excluding carboxylic acids is 1. The number of fused-ring (bicyclic) bond motifs is 3. The summed E-state index contributed by atoms with van der Waals surface area (Å²) < 4.78 is 13.3. The van der Waals surface area contributed by atoms with Crippen molar-refractivity contribution in [2.45, 2.75) is 19.0 Å². The molecule has 35 heavy (non-hydrogen) atoms. The molecule has 180 valence electrons. The van der Waals surface area contributed by atoms with Gasteiger partial charge >= 0.3 is 0 Å². The molecule has 0 spiro atoms. The molecule has 2 aliphatic heterocycles. The largest absolute Gasteiger partial charge is 0.365 e. The topological polar surface area (TPSA) is 78.7 Å². The summed E-state index contributed by atoms with van der Waals surface area (Å²) in [6.45, 7) is 2.90. The van der Waals surface area contributed by atoms with Gasteiger partial charge in [0, 0.05) is 54.7 Å². The number of hydrogen-bond acceptors (Lipinski definition) is 5. The first-order chi connectivity index (χ1) is 16.9. The molecule has 2 aliphatic rings. The van der Waals surface area contributed by atoms with Crippen LogP contribution in [-0.2, 0) is 17.8 Å². The van der Waals surface area contributed by atoms with E-state index in [0.717, 1.165) is 29.9 Å². The number of benzene rings is 3. The first kappa shape index (κ1) is 23.3. The molecule has 3 aromatic carbocycles. The molecule has 0 aliphatic carbocycles. The Balaban J connectivity index is 1.42. The fourth-order valence-electron chi connectivity index (χ4n) is 5.04. The maximum Gasteiger partial charge on any atom is 0.269 e. The minimum atomic E-state index is -0.428. The number of rotatable bonds is 5. The molecule has 0 saturated carbocycles. The summed E-state index contributed by atoms with van der Waals surface area (Å²) >= 11 is 6.03. The van der Waals surface area contributed by atoms with E-state index in [1.54, 1.807) is 12.1 Å². The van der Waals surface area contributed by atoms with Crippen molar-refractivity contribution in [2.75, 3.05) is 29.9 Å². The van der Waals surface area contributed by atoms with E-state index in [1.165, 1.54) is 30.3 Å². The van der Waals surface area contributed by atoms with Gasteiger partial charge in [-0.05, 0) is 60.0 Å². The fraction of sp³-hybridized carbons (Fsp3) is 0.269. The van der Waals surface area contributed by atoms with Gasteiger partial charge in [0.15, 0.2) is 0 Å². The standard InChI is InChI=1S/C26H24ClFN4O3/c27-19-3-1-17(2-4-19)15-30-11-12-31-24-10-9-22(32(34)35)13-18(24)14-23(25(31)16-30)26(33)29-21-7-5-20(28)6-8-21/h1-10,13,23,25H,11-12,14-16H2,(H,29,33)/t23-,25-/m1/s1. The number of nitro groups is 1. The third kappa shape index (κ3) is 4.99. The molecule has 5 rings (SSSR count). The summed E-state index contributed by atoms with van der Waals surface area (Å²) in [5.74, 6) is -0.988. The maximum absolute atomic E-state index is 13.4. The van der Waals surface area contributed by atoms with E-state index in [0.29, 0.717) is 30.2 Å². The van der Waals surface area contributed by atoms with E-state index < -0.39 is 10.8 Å². The van der Waals surface area contributed by atoms with Crippen LogP contribution in [0, 0.1) is 21.8 Å². The van der Waals surface area contributed by atoms with E-state index in [4.69, 9.17) is 11.6 Å². The van der Waals surface area contributed by atoms with E-state index in [2.05, 4.69) is 15.1 Å². The highest BCUT2D eigenvalue weighted by atomic mass is 35.5. The number of carbonyl (C=O) groups is 1. The van der Waals surface area contributed by atoms with Crippen molar-refractivity contribution >= 4 is 34.6 Å². The lowest BCUT2D eigenvalue weighted by atomic mass is 9.83. The zero-order valence-electron chi connectivity index (χ0n) is 18.9. The van der Waals surface area contributed by atoms with Gasteiger partial charge in [0.1, 0.15) is 5.82 Å². The van der Waals surface area contributed by atoms with Gasteiger partial charge in [-0.25, -0.2) is 4.39 Å². The number of nitrogens with zero attached hydrogens (tertiary/aromatic N) is 3. The van der Waals surface area contributed by atoms with Gasteiger partial charge in [0.05, 0.1) is 16.9 Å². The Morgan fingerprint density at radius 1 is 1.09 bits per heavy atom. The Morgan fingerprint density at radius 2 is 1.83 bits per heavy atom. The summed E-state index contributed by atoms with van der Waals surface area (Å²) in [7, 11) is 0. The van der Waals surface area contributed by atoms with Crippen molar-refractivity contribution in [3.05, 3.63) is 98.8 Å². The van der Waals surface area contributed by atoms with Crippen molar-refractivity contribution in [1.29, 1.82) is 0 Å². The molecule has 1 saturated heterocycles. The molecule has 0 bridgehead atoms. The lowest BCUT2D eigenvalue weighted by Crippen LogP contribution is -2.60. The van der Waals surface area contributed by atoms with Crippen LogP contribution in [0.5, 0.6) is 0 Å². The number of amides is 1. The zero-order chi connectivity index (χ0) is 24.5. The van der Waals surface area contributed by atoms with Gasteiger partial charge in [-0.2, -0.15) is 0 Å². The van der Waals surface area contributed by atoms with Crippen molar-refractivity contribution < 1.29 is 14.1 Å². The average molecular weight is 495 g/mol. The van der Waals surface area contributed by atoms with E-state index in [9.17, 15) is 19.3 Å². The fourth-order valence-corrected chi connectivity index (χ4v) is 5.17. The van der Waals surface area contributed by atoms with E-state index in [-0.39, 0.29) is 23.5 Å². The number of anilines is 2. The van der Waals surface area contributed by atoms with Crippen molar-refractivity contribution in [3.8, 4) is 0 Å². The maximum atomic E-state index is 13.4. The number of nitro benzene ring substituents is 1. The first-order valence-electron chi connectivity index (χ1n) is 11.4. The molecular weight excluding hydrogens is 471 g/mol. The van der Waals surface area contributed by atoms with Crippen LogP contribution < -0.4 is 10.2 Å². The lowest BCUT2D eigenvalue weighted by Gasteiger charge is -2.49. The predicted molar refractivity (Wildman–Crippen MR) is 133 cm³/mol. The molecular formula is C26H24ClFN4O3. The third-order valence-electron chi connectivity index (χ3n) is 6.76. The van der Waals surface area contributed by atoms with Crippen LogP contribution in [-0.4, -0.2) is 41.4 Å². The number of halogens is 2. The monoisotopic (exact) mass is 494 g/mol. The smallest absolute Gasteiger partial charge is 0.269 e. The third-order valence-corrected chi connectivity index (χ3v) is 7.01. The molecule has 0 unspecified atom stereocenters. The van der Waals surface area contributed by atoms with Crippen LogP contribution in [0.15, 0.2) is 66.7 Å². The normalized spacial score (nSPS) is 19.5. The molecule has 1 fully saturated rings. The Morgan fingerprint density at radius 3 is 2.54 bits per heavy atom. The SMILES string of the molecule is O=C(Nc1ccc(F)cc1)[C@@H]1Cc2cc([N+](=O)[O-])ccc2N2CCN(Cc3ccc(Cl)cc3)C[C@H]12. The molecule has 9 heteroatoms. The summed E-state index contributed by atoms with van der Waals surface area (Å²) in [6, 6.07) is 18.2. The minimum absolute atomic E-state index is 0.0151. The number of hydrogen-bond donors (Lipinski definition) is 1. The molecule has 3 aromatic rings. The quantitative estimate of drug-likeness (QED) is 0.403. The van der Waals surface area contributed by atoms with Gasteiger partial charge < -0.3 is 10.2 Å². The van der Waals surface area contributed by atoms with Gasteiger partial charge in [-0.3, -0.25) is 19.8 Å². The number of nitrogens with one attached hydrogen (secondary N) is 1. The average Bonchev–Trinajstić information content (AvgIpc) is 2.85. The van der Waals surface area contributed by atoms with Gasteiger partial charge in [0.25, 0.3) is 5.69 Å². The zero-order valence-corrected chi connectivity index (χ0v) is 19.6. The van der Waals surface area contributed by atoms with Crippen molar-refractivity contribution in [3.63, 3.8) is 0 Å². The number of non-ortho nitro benzene ring substituents is 1. The summed E-state index contributed by atoms with van der Waals surface area (Å²) in [5.41, 5.74) is 3.41. The molecule has 2 atom stereocenters. The van der Waals surface area contributed by atoms with E-state index in [1.807, 2.05) is 24.3 Å². The van der Waals surface area contributed by atoms with Crippen molar-refractivity contribution in [1.82, 2.24) is 4.90 Å². The second-order valence-corrected chi connectivity index (χ2v) is 9.44. The van der Waals surface area contributed by atoms with Gasteiger partial charge in [-0.15, -0.1) is 0 Å². The highest BCUT2D eigenvalue weighted by Gasteiger charge is 2.42. The second-order valence-electron chi connectivity index (χ2n) is 9.00. The van der Waals surface area contributed by atoms with Crippen molar-refractivity contribution in [2.24, 2.45) is 5.92 Å². The predicted octanol–water partition coefficient (Wildman–Crippen LogP) is 4.89. The van der Waals surface area contributed by atoms with E-state index >= 15 is 0 Å². The molecule has 1 N–H and O–H groups in total. The minimum Gasteiger partial charge on any atom is -0.365 e. The molecule has 0 radical (unpaired) electrons. The molecule has 0 aromatic heterocycles.